The number of fused-ring (bicyclic) bond motifs is 1. The third-order valence-electron chi connectivity index (χ3n) is 4.73. The van der Waals surface area contributed by atoms with Gasteiger partial charge in [0.15, 0.2) is 5.78 Å². The van der Waals surface area contributed by atoms with Crippen LogP contribution in [0.1, 0.15) is 15.9 Å². The summed E-state index contributed by atoms with van der Waals surface area (Å²) < 4.78 is 37.7. The molecule has 0 aliphatic heterocycles. The summed E-state index contributed by atoms with van der Waals surface area (Å²) in [5.41, 5.74) is -0.414. The molecule has 4 aromatic rings. The number of phenolic OH excluding ortho intramolecular Hbond substituents is 1. The molecule has 0 bridgehead atoms. The number of anilines is 1. The second-order valence-corrected chi connectivity index (χ2v) is 8.54. The lowest BCUT2D eigenvalue weighted by Crippen LogP contribution is -2.15. The van der Waals surface area contributed by atoms with Crippen molar-refractivity contribution in [3.8, 4) is 11.5 Å². The van der Waals surface area contributed by atoms with Crippen LogP contribution in [0.3, 0.4) is 0 Å². The summed E-state index contributed by atoms with van der Waals surface area (Å²) >= 11 is 0. The largest absolute Gasteiger partial charge is 0.508 e. The van der Waals surface area contributed by atoms with Crippen LogP contribution >= 0.6 is 0 Å². The van der Waals surface area contributed by atoms with E-state index >= 15 is 0 Å². The fraction of sp³-hybridized carbons (Fsp3) is 0.0435. The lowest BCUT2D eigenvalue weighted by molar-refractivity contribution is 0.103. The third kappa shape index (κ3) is 4.19. The van der Waals surface area contributed by atoms with E-state index in [1.54, 1.807) is 0 Å². The smallest absolute Gasteiger partial charge is 0.347 e. The summed E-state index contributed by atoms with van der Waals surface area (Å²) in [4.78, 5) is 25.1. The van der Waals surface area contributed by atoms with Crippen LogP contribution in [-0.2, 0) is 10.0 Å². The van der Waals surface area contributed by atoms with Gasteiger partial charge in [-0.15, -0.1) is 0 Å². The van der Waals surface area contributed by atoms with Gasteiger partial charge >= 0.3 is 5.63 Å². The summed E-state index contributed by atoms with van der Waals surface area (Å²) in [5, 5.41) is 9.98. The molecule has 4 rings (SSSR count). The van der Waals surface area contributed by atoms with Crippen molar-refractivity contribution in [3.05, 3.63) is 94.3 Å². The van der Waals surface area contributed by atoms with Crippen LogP contribution in [0.15, 0.2) is 86.9 Å². The predicted octanol–water partition coefficient (Wildman–Crippen LogP) is 3.54. The molecule has 0 amide bonds. The van der Waals surface area contributed by atoms with Crippen LogP contribution in [-0.4, -0.2) is 26.4 Å². The highest BCUT2D eigenvalue weighted by atomic mass is 32.2. The van der Waals surface area contributed by atoms with Crippen molar-refractivity contribution in [1.82, 2.24) is 0 Å². The van der Waals surface area contributed by atoms with Crippen LogP contribution in [0.2, 0.25) is 0 Å². The van der Waals surface area contributed by atoms with Crippen molar-refractivity contribution in [2.75, 3.05) is 11.8 Å². The number of hydrogen-bond acceptors (Lipinski definition) is 7. The molecule has 8 nitrogen and oxygen atoms in total. The first kappa shape index (κ1) is 21.1. The van der Waals surface area contributed by atoms with Crippen LogP contribution in [0.25, 0.3) is 11.0 Å². The van der Waals surface area contributed by atoms with E-state index in [1.807, 2.05) is 0 Å². The average molecular weight is 451 g/mol. The number of sulfonamides is 1. The van der Waals surface area contributed by atoms with E-state index in [9.17, 15) is 23.1 Å². The van der Waals surface area contributed by atoms with Crippen LogP contribution in [0.4, 0.5) is 5.69 Å². The number of phenols is 1. The SMILES string of the molecule is COc1ccc(S(=O)(=O)Nc2ccc(C(=O)c3cc4ccc(O)cc4oc3=O)cc2)cc1. The van der Waals surface area contributed by atoms with Crippen molar-refractivity contribution in [1.29, 1.82) is 0 Å². The van der Waals surface area contributed by atoms with E-state index in [0.717, 1.165) is 0 Å². The second kappa shape index (κ2) is 8.20. The Morgan fingerprint density at radius 3 is 2.31 bits per heavy atom. The number of aromatic hydroxyl groups is 1. The Bertz CT molecular complexity index is 1470. The zero-order valence-electron chi connectivity index (χ0n) is 16.7. The quantitative estimate of drug-likeness (QED) is 0.339. The Balaban J connectivity index is 1.57. The normalized spacial score (nSPS) is 11.3. The highest BCUT2D eigenvalue weighted by Crippen LogP contribution is 2.22. The monoisotopic (exact) mass is 451 g/mol. The highest BCUT2D eigenvalue weighted by Gasteiger charge is 2.18. The first-order chi connectivity index (χ1) is 15.3. The van der Waals surface area contributed by atoms with E-state index in [1.165, 1.54) is 79.9 Å². The molecule has 1 aromatic heterocycles. The lowest BCUT2D eigenvalue weighted by atomic mass is 10.0. The Morgan fingerprint density at radius 2 is 1.66 bits per heavy atom. The van der Waals surface area contributed by atoms with Gasteiger partial charge in [-0.05, 0) is 66.7 Å². The first-order valence-electron chi connectivity index (χ1n) is 9.35. The van der Waals surface area contributed by atoms with Gasteiger partial charge in [-0.3, -0.25) is 9.52 Å². The maximum atomic E-state index is 12.8. The van der Waals surface area contributed by atoms with Crippen LogP contribution in [0, 0.1) is 0 Å². The van der Waals surface area contributed by atoms with Gasteiger partial charge in [-0.1, -0.05) is 0 Å². The van der Waals surface area contributed by atoms with Gasteiger partial charge < -0.3 is 14.3 Å². The average Bonchev–Trinajstić information content (AvgIpc) is 2.78. The van der Waals surface area contributed by atoms with E-state index in [0.29, 0.717) is 11.1 Å². The Hall–Kier alpha value is -4.11. The number of ketones is 1. The molecule has 0 radical (unpaired) electrons. The molecule has 2 N–H and O–H groups in total. The number of rotatable bonds is 6. The van der Waals surface area contributed by atoms with E-state index < -0.39 is 21.4 Å². The molecule has 32 heavy (non-hydrogen) atoms. The second-order valence-electron chi connectivity index (χ2n) is 6.86. The van der Waals surface area contributed by atoms with Gasteiger partial charge in [0, 0.05) is 22.7 Å². The van der Waals surface area contributed by atoms with Gasteiger partial charge in [-0.25, -0.2) is 13.2 Å². The summed E-state index contributed by atoms with van der Waals surface area (Å²) in [5.74, 6) is -0.104. The Morgan fingerprint density at radius 1 is 0.969 bits per heavy atom. The van der Waals surface area contributed by atoms with Crippen molar-refractivity contribution in [2.24, 2.45) is 0 Å². The van der Waals surface area contributed by atoms with E-state index in [2.05, 4.69) is 4.72 Å². The molecule has 0 saturated carbocycles. The molecule has 162 valence electrons. The fourth-order valence-electron chi connectivity index (χ4n) is 3.07. The van der Waals surface area contributed by atoms with Gasteiger partial charge in [0.05, 0.1) is 12.0 Å². The number of carbonyl (C=O) groups excluding carboxylic acids is 1. The summed E-state index contributed by atoms with van der Waals surface area (Å²) in [6.45, 7) is 0. The van der Waals surface area contributed by atoms with Crippen molar-refractivity contribution in [2.45, 2.75) is 4.90 Å². The molecule has 0 fully saturated rings. The van der Waals surface area contributed by atoms with Gasteiger partial charge in [-0.2, -0.15) is 0 Å². The summed E-state index contributed by atoms with van der Waals surface area (Å²) in [6, 6.07) is 17.2. The summed E-state index contributed by atoms with van der Waals surface area (Å²) in [7, 11) is -2.35. The standard InChI is InChI=1S/C23H17NO7S/c1-30-18-8-10-19(11-9-18)32(28,29)24-16-5-2-14(3-6-16)22(26)20-12-15-4-7-17(25)13-21(15)31-23(20)27/h2-13,24-25H,1H3. The van der Waals surface area contributed by atoms with Crippen molar-refractivity contribution >= 4 is 32.5 Å². The van der Waals surface area contributed by atoms with Gasteiger partial charge in [0.1, 0.15) is 22.6 Å². The molecular weight excluding hydrogens is 434 g/mol. The molecule has 0 spiro atoms. The zero-order chi connectivity index (χ0) is 22.9. The maximum absolute atomic E-state index is 12.8. The zero-order valence-corrected chi connectivity index (χ0v) is 17.5. The van der Waals surface area contributed by atoms with Crippen LogP contribution < -0.4 is 15.1 Å². The minimum absolute atomic E-state index is 0.0539. The number of ether oxygens (including phenoxy) is 1. The minimum Gasteiger partial charge on any atom is -0.508 e. The number of nitrogens with one attached hydrogen (secondary N) is 1. The molecule has 9 heteroatoms. The van der Waals surface area contributed by atoms with Gasteiger partial charge in [0.2, 0.25) is 0 Å². The fourth-order valence-corrected chi connectivity index (χ4v) is 4.13. The molecule has 0 atom stereocenters. The van der Waals surface area contributed by atoms with E-state index in [4.69, 9.17) is 9.15 Å². The molecule has 0 aliphatic carbocycles. The third-order valence-corrected chi connectivity index (χ3v) is 6.13. The van der Waals surface area contributed by atoms with E-state index in [-0.39, 0.29) is 33.0 Å². The molecule has 0 saturated heterocycles. The van der Waals surface area contributed by atoms with Crippen molar-refractivity contribution < 1.29 is 27.5 Å². The number of hydrogen-bond donors (Lipinski definition) is 2. The first-order valence-corrected chi connectivity index (χ1v) is 10.8. The summed E-state index contributed by atoms with van der Waals surface area (Å²) in [6.07, 6.45) is 0. The molecule has 0 unspecified atom stereocenters. The highest BCUT2D eigenvalue weighted by molar-refractivity contribution is 7.92. The number of carbonyl (C=O) groups is 1. The predicted molar refractivity (Wildman–Crippen MR) is 118 cm³/mol. The maximum Gasteiger partial charge on any atom is 0.347 e. The van der Waals surface area contributed by atoms with Crippen LogP contribution in [0.5, 0.6) is 11.5 Å². The van der Waals surface area contributed by atoms with Crippen molar-refractivity contribution in [3.63, 3.8) is 0 Å². The van der Waals surface area contributed by atoms with Gasteiger partial charge in [0.25, 0.3) is 10.0 Å². The molecule has 0 aliphatic rings. The minimum atomic E-state index is -3.83. The Labute approximate surface area is 182 Å². The molecular formula is C23H17NO7S. The molecule has 1 heterocycles. The Kier molecular flexibility index (Phi) is 5.41. The molecule has 3 aromatic carbocycles. The topological polar surface area (TPSA) is 123 Å². The lowest BCUT2D eigenvalue weighted by Gasteiger charge is -2.09. The number of methoxy groups -OCH3 is 1. The number of benzene rings is 3.